The Morgan fingerprint density at radius 1 is 1.31 bits per heavy atom. The molecule has 2 aliphatic carbocycles. The molecule has 32 heavy (non-hydrogen) atoms. The first-order chi connectivity index (χ1) is 15.4. The minimum Gasteiger partial charge on any atom is -0.508 e. The molecule has 0 bridgehead atoms. The molecule has 7 heteroatoms. The van der Waals surface area contributed by atoms with Gasteiger partial charge in [-0.05, 0) is 49.5 Å². The largest absolute Gasteiger partial charge is 0.508 e. The number of likely N-dealkylation sites (N-methyl/N-ethyl adjacent to an activating group) is 2. The van der Waals surface area contributed by atoms with E-state index < -0.39 is 0 Å². The van der Waals surface area contributed by atoms with Crippen molar-refractivity contribution in [2.24, 2.45) is 11.0 Å². The second-order valence-electron chi connectivity index (χ2n) is 8.72. The summed E-state index contributed by atoms with van der Waals surface area (Å²) in [7, 11) is 3.73. The Hall–Kier alpha value is -3.19. The van der Waals surface area contributed by atoms with Crippen LogP contribution in [0.1, 0.15) is 36.8 Å². The van der Waals surface area contributed by atoms with Gasteiger partial charge in [-0.2, -0.15) is 15.2 Å². The normalized spacial score (nSPS) is 22.8. The predicted molar refractivity (Wildman–Crippen MR) is 125 cm³/mol. The Bertz CT molecular complexity index is 1040. The molecule has 0 fully saturated rings. The monoisotopic (exact) mass is 434 g/mol. The number of carbonyl (C=O) groups is 2. The zero-order chi connectivity index (χ0) is 22.8. The van der Waals surface area contributed by atoms with Gasteiger partial charge in [0.15, 0.2) is 0 Å². The topological polar surface area (TPSA) is 76.5 Å². The van der Waals surface area contributed by atoms with Gasteiger partial charge in [-0.1, -0.05) is 30.7 Å². The highest BCUT2D eigenvalue weighted by Gasteiger charge is 2.32. The zero-order valence-corrected chi connectivity index (χ0v) is 18.9. The number of phenolic OH excluding ortho intramolecular Hbond substituents is 1. The third kappa shape index (κ3) is 4.25. The number of phenols is 1. The Kier molecular flexibility index (Phi) is 6.28. The second kappa shape index (κ2) is 9.12. The number of nitrogens with zero attached hydrogens (tertiary/aromatic N) is 4. The number of rotatable bonds is 5. The molecule has 0 saturated carbocycles. The molecule has 1 N–H and O–H groups in total. The molecule has 1 aliphatic heterocycles. The van der Waals surface area contributed by atoms with Gasteiger partial charge in [-0.25, -0.2) is 0 Å². The standard InChI is InChI=1S/C25H30N4O3/c1-17-20(15-27(2)25(32)19-9-5-4-8-18(12-19)16-30)13-21(31)14-24(17)29-26-22-10-6-7-11-23(22)28(29)3/h6-7,10-14,16,18,23,31H,4-5,8-9,15H2,1-3H3. The maximum absolute atomic E-state index is 13.1. The number of anilines is 1. The van der Waals surface area contributed by atoms with Gasteiger partial charge in [-0.3, -0.25) is 4.79 Å². The van der Waals surface area contributed by atoms with Crippen LogP contribution >= 0.6 is 0 Å². The number of amides is 1. The molecule has 1 amide bonds. The van der Waals surface area contributed by atoms with Gasteiger partial charge in [0.2, 0.25) is 5.91 Å². The summed E-state index contributed by atoms with van der Waals surface area (Å²) in [6, 6.07) is 3.46. The summed E-state index contributed by atoms with van der Waals surface area (Å²) in [5, 5.41) is 19.0. The van der Waals surface area contributed by atoms with E-state index in [2.05, 4.69) is 6.08 Å². The highest BCUT2D eigenvalue weighted by Crippen LogP contribution is 2.34. The van der Waals surface area contributed by atoms with Gasteiger partial charge < -0.3 is 14.8 Å². The fourth-order valence-corrected chi connectivity index (χ4v) is 4.54. The van der Waals surface area contributed by atoms with Crippen molar-refractivity contribution in [2.75, 3.05) is 19.2 Å². The minimum atomic E-state index is -0.185. The average molecular weight is 435 g/mol. The number of aldehydes is 1. The molecule has 2 unspecified atom stereocenters. The van der Waals surface area contributed by atoms with Crippen molar-refractivity contribution in [3.05, 3.63) is 59.2 Å². The fraction of sp³-hybridized carbons (Fsp3) is 0.400. The number of hydrazine groups is 1. The molecule has 0 aromatic heterocycles. The molecule has 0 saturated heterocycles. The predicted octanol–water partition coefficient (Wildman–Crippen LogP) is 3.49. The third-order valence-corrected chi connectivity index (χ3v) is 6.43. The highest BCUT2D eigenvalue weighted by atomic mass is 16.3. The van der Waals surface area contributed by atoms with E-state index in [4.69, 9.17) is 5.10 Å². The maximum Gasteiger partial charge on any atom is 0.249 e. The quantitative estimate of drug-likeness (QED) is 0.718. The van der Waals surface area contributed by atoms with Crippen molar-refractivity contribution >= 4 is 23.6 Å². The van der Waals surface area contributed by atoms with Crippen molar-refractivity contribution in [1.29, 1.82) is 0 Å². The molecule has 1 aromatic carbocycles. The number of hydrogen-bond donors (Lipinski definition) is 1. The first-order valence-corrected chi connectivity index (χ1v) is 11.1. The van der Waals surface area contributed by atoms with Crippen LogP contribution < -0.4 is 5.12 Å². The number of aromatic hydroxyl groups is 1. The summed E-state index contributed by atoms with van der Waals surface area (Å²) in [6.45, 7) is 2.34. The van der Waals surface area contributed by atoms with Crippen molar-refractivity contribution in [2.45, 2.75) is 45.2 Å². The van der Waals surface area contributed by atoms with Gasteiger partial charge >= 0.3 is 0 Å². The summed E-state index contributed by atoms with van der Waals surface area (Å²) < 4.78 is 0. The lowest BCUT2D eigenvalue weighted by Crippen LogP contribution is -2.39. The lowest BCUT2D eigenvalue weighted by atomic mass is 10.0. The zero-order valence-electron chi connectivity index (χ0n) is 18.9. The smallest absolute Gasteiger partial charge is 0.249 e. The van der Waals surface area contributed by atoms with Crippen molar-refractivity contribution < 1.29 is 14.7 Å². The van der Waals surface area contributed by atoms with Crippen LogP contribution in [0, 0.1) is 12.8 Å². The molecule has 0 spiro atoms. The van der Waals surface area contributed by atoms with Crippen LogP contribution in [0.15, 0.2) is 53.2 Å². The van der Waals surface area contributed by atoms with E-state index in [-0.39, 0.29) is 23.6 Å². The summed E-state index contributed by atoms with van der Waals surface area (Å²) in [5.41, 5.74) is 4.23. The van der Waals surface area contributed by atoms with Crippen molar-refractivity contribution in [1.82, 2.24) is 9.91 Å². The first-order valence-electron chi connectivity index (χ1n) is 11.1. The molecule has 1 heterocycles. The molecular formula is C25H30N4O3. The Morgan fingerprint density at radius 3 is 2.88 bits per heavy atom. The lowest BCUT2D eigenvalue weighted by molar-refractivity contribution is -0.126. The highest BCUT2D eigenvalue weighted by molar-refractivity contribution is 6.03. The summed E-state index contributed by atoms with van der Waals surface area (Å²) in [6.07, 6.45) is 14.2. The Morgan fingerprint density at radius 2 is 2.12 bits per heavy atom. The molecule has 168 valence electrons. The molecule has 1 aromatic rings. The summed E-state index contributed by atoms with van der Waals surface area (Å²) >= 11 is 0. The van der Waals surface area contributed by atoms with E-state index in [1.807, 2.05) is 48.4 Å². The molecule has 2 atom stereocenters. The van der Waals surface area contributed by atoms with Gasteiger partial charge in [-0.15, -0.1) is 0 Å². The lowest BCUT2D eigenvalue weighted by Gasteiger charge is -2.29. The number of fused-ring (bicyclic) bond motifs is 1. The Labute approximate surface area is 189 Å². The Balaban J connectivity index is 1.58. The molecule has 0 radical (unpaired) electrons. The van der Waals surface area contributed by atoms with Gasteiger partial charge in [0.1, 0.15) is 12.0 Å². The van der Waals surface area contributed by atoms with Crippen LogP contribution in [0.3, 0.4) is 0 Å². The van der Waals surface area contributed by atoms with Crippen LogP contribution in [-0.4, -0.2) is 53.1 Å². The van der Waals surface area contributed by atoms with Gasteiger partial charge in [0.05, 0.1) is 17.4 Å². The minimum absolute atomic E-state index is 0.0578. The van der Waals surface area contributed by atoms with E-state index in [1.165, 1.54) is 0 Å². The van der Waals surface area contributed by atoms with Gasteiger partial charge in [0, 0.05) is 38.2 Å². The van der Waals surface area contributed by atoms with E-state index in [9.17, 15) is 14.7 Å². The molecule has 3 aliphatic rings. The van der Waals surface area contributed by atoms with Crippen molar-refractivity contribution in [3.8, 4) is 5.75 Å². The van der Waals surface area contributed by atoms with E-state index >= 15 is 0 Å². The number of hydrogen-bond acceptors (Lipinski definition) is 6. The molecule has 4 rings (SSSR count). The molecular weight excluding hydrogens is 404 g/mol. The third-order valence-electron chi connectivity index (χ3n) is 6.43. The number of hydrazone groups is 1. The van der Waals surface area contributed by atoms with E-state index in [1.54, 1.807) is 24.1 Å². The van der Waals surface area contributed by atoms with Crippen LogP contribution in [-0.2, 0) is 16.1 Å². The van der Waals surface area contributed by atoms with Crippen LogP contribution in [0.4, 0.5) is 5.69 Å². The molecule has 7 nitrogen and oxygen atoms in total. The number of carbonyl (C=O) groups excluding carboxylic acids is 2. The SMILES string of the molecule is Cc1c(CN(C)C(=O)C2=CC(C=O)CCCC2)cc(O)cc1N1N=C2C=CC=CC2N1C. The van der Waals surface area contributed by atoms with Crippen molar-refractivity contribution in [3.63, 3.8) is 0 Å². The van der Waals surface area contributed by atoms with E-state index in [0.29, 0.717) is 18.5 Å². The fourth-order valence-electron chi connectivity index (χ4n) is 4.54. The van der Waals surface area contributed by atoms with Crippen LogP contribution in [0.2, 0.25) is 0 Å². The van der Waals surface area contributed by atoms with Gasteiger partial charge in [0.25, 0.3) is 0 Å². The second-order valence-corrected chi connectivity index (χ2v) is 8.72. The maximum atomic E-state index is 13.1. The average Bonchev–Trinajstić information content (AvgIpc) is 2.96. The number of allylic oxidation sites excluding steroid dienone is 3. The number of benzene rings is 1. The first kappa shape index (κ1) is 22.0. The van der Waals surface area contributed by atoms with E-state index in [0.717, 1.165) is 48.1 Å². The summed E-state index contributed by atoms with van der Waals surface area (Å²) in [5.74, 6) is -0.121. The van der Waals surface area contributed by atoms with Crippen LogP contribution in [0.5, 0.6) is 5.75 Å². The summed E-state index contributed by atoms with van der Waals surface area (Å²) in [4.78, 5) is 26.0. The van der Waals surface area contributed by atoms with Crippen LogP contribution in [0.25, 0.3) is 0 Å².